The van der Waals surface area contributed by atoms with E-state index < -0.39 is 0 Å². The number of carbonyl (C=O) groups is 1. The summed E-state index contributed by atoms with van der Waals surface area (Å²) >= 11 is 0. The maximum Gasteiger partial charge on any atom is 0.277 e. The van der Waals surface area contributed by atoms with Gasteiger partial charge in [0.15, 0.2) is 5.78 Å². The molecule has 1 aromatic heterocycles. The van der Waals surface area contributed by atoms with E-state index in [-0.39, 0.29) is 11.7 Å². The SMILES string of the molecule is Cc1ccc(C(=O)C2CNc3c(C)ccc[n+]3C2)cc1. The number of hydrogen-bond acceptors (Lipinski definition) is 2. The molecular weight excluding hydrogens is 248 g/mol. The molecule has 0 aliphatic carbocycles. The maximum atomic E-state index is 12.6. The van der Waals surface area contributed by atoms with Crippen molar-refractivity contribution in [1.82, 2.24) is 0 Å². The molecule has 0 fully saturated rings. The third kappa shape index (κ3) is 2.31. The molecule has 0 amide bonds. The molecule has 102 valence electrons. The molecule has 1 atom stereocenters. The number of pyridine rings is 1. The van der Waals surface area contributed by atoms with E-state index in [1.54, 1.807) is 0 Å². The summed E-state index contributed by atoms with van der Waals surface area (Å²) in [5.41, 5.74) is 3.20. The fourth-order valence-electron chi connectivity index (χ4n) is 2.72. The van der Waals surface area contributed by atoms with Gasteiger partial charge in [-0.25, -0.2) is 4.57 Å². The van der Waals surface area contributed by atoms with E-state index in [9.17, 15) is 4.79 Å². The van der Waals surface area contributed by atoms with Gasteiger partial charge in [-0.05, 0) is 26.0 Å². The van der Waals surface area contributed by atoms with Crippen molar-refractivity contribution in [1.29, 1.82) is 0 Å². The highest BCUT2D eigenvalue weighted by molar-refractivity contribution is 5.98. The Balaban J connectivity index is 1.83. The van der Waals surface area contributed by atoms with Crippen molar-refractivity contribution in [2.45, 2.75) is 20.4 Å². The summed E-state index contributed by atoms with van der Waals surface area (Å²) in [5.74, 6) is 1.34. The Kier molecular flexibility index (Phi) is 3.26. The number of benzene rings is 1. The summed E-state index contributed by atoms with van der Waals surface area (Å²) < 4.78 is 2.13. The average Bonchev–Trinajstić information content (AvgIpc) is 2.47. The van der Waals surface area contributed by atoms with Crippen molar-refractivity contribution in [3.8, 4) is 0 Å². The molecule has 1 aliphatic heterocycles. The molecule has 3 heteroatoms. The first-order valence-electron chi connectivity index (χ1n) is 6.99. The van der Waals surface area contributed by atoms with E-state index in [1.807, 2.05) is 43.5 Å². The predicted octanol–water partition coefficient (Wildman–Crippen LogP) is 2.52. The first kappa shape index (κ1) is 12.9. The molecule has 3 nitrogen and oxygen atoms in total. The van der Waals surface area contributed by atoms with Crippen LogP contribution in [0.25, 0.3) is 0 Å². The van der Waals surface area contributed by atoms with Crippen LogP contribution in [0.2, 0.25) is 0 Å². The molecule has 0 saturated carbocycles. The van der Waals surface area contributed by atoms with Gasteiger partial charge in [-0.3, -0.25) is 10.1 Å². The minimum Gasteiger partial charge on any atom is -0.294 e. The molecule has 1 N–H and O–H groups in total. The fourth-order valence-corrected chi connectivity index (χ4v) is 2.72. The number of fused-ring (bicyclic) bond motifs is 1. The second kappa shape index (κ2) is 5.08. The van der Waals surface area contributed by atoms with Gasteiger partial charge in [0.05, 0.1) is 18.7 Å². The van der Waals surface area contributed by atoms with Gasteiger partial charge in [0, 0.05) is 11.1 Å². The quantitative estimate of drug-likeness (QED) is 0.670. The lowest BCUT2D eigenvalue weighted by atomic mass is 9.95. The van der Waals surface area contributed by atoms with Gasteiger partial charge in [-0.1, -0.05) is 29.8 Å². The number of aryl methyl sites for hydroxylation is 2. The smallest absolute Gasteiger partial charge is 0.277 e. The molecule has 1 aliphatic rings. The Morgan fingerprint density at radius 2 is 1.95 bits per heavy atom. The number of Topliss-reactive ketones (excluding diaryl/α,β-unsaturated/α-hetero) is 1. The van der Waals surface area contributed by atoms with Gasteiger partial charge in [-0.15, -0.1) is 0 Å². The molecule has 1 unspecified atom stereocenters. The van der Waals surface area contributed by atoms with Crippen LogP contribution in [0.3, 0.4) is 0 Å². The summed E-state index contributed by atoms with van der Waals surface area (Å²) in [6, 6.07) is 12.0. The zero-order chi connectivity index (χ0) is 14.1. The Morgan fingerprint density at radius 1 is 1.20 bits per heavy atom. The van der Waals surface area contributed by atoms with Crippen LogP contribution in [-0.4, -0.2) is 12.3 Å². The van der Waals surface area contributed by atoms with Crippen molar-refractivity contribution in [2.24, 2.45) is 5.92 Å². The molecule has 2 heterocycles. The van der Waals surface area contributed by atoms with Crippen molar-refractivity contribution < 1.29 is 9.36 Å². The number of nitrogens with one attached hydrogen (secondary N) is 1. The number of carbonyl (C=O) groups excluding carboxylic acids is 1. The normalized spacial score (nSPS) is 17.2. The van der Waals surface area contributed by atoms with E-state index in [2.05, 4.69) is 22.9 Å². The van der Waals surface area contributed by atoms with Crippen molar-refractivity contribution in [3.63, 3.8) is 0 Å². The lowest BCUT2D eigenvalue weighted by Crippen LogP contribution is -2.49. The summed E-state index contributed by atoms with van der Waals surface area (Å²) in [7, 11) is 0. The highest BCUT2D eigenvalue weighted by Crippen LogP contribution is 2.18. The number of hydrogen-bond donors (Lipinski definition) is 1. The number of nitrogens with zero attached hydrogens (tertiary/aromatic N) is 1. The monoisotopic (exact) mass is 267 g/mol. The number of aromatic nitrogens is 1. The van der Waals surface area contributed by atoms with Gasteiger partial charge in [0.1, 0.15) is 6.54 Å². The van der Waals surface area contributed by atoms with E-state index in [0.29, 0.717) is 6.54 Å². The number of rotatable bonds is 2. The first-order chi connectivity index (χ1) is 9.65. The van der Waals surface area contributed by atoms with E-state index in [0.717, 1.165) is 17.9 Å². The van der Waals surface area contributed by atoms with Crippen LogP contribution in [0.1, 0.15) is 21.5 Å². The summed E-state index contributed by atoms with van der Waals surface area (Å²) in [4.78, 5) is 12.6. The van der Waals surface area contributed by atoms with Gasteiger partial charge in [-0.2, -0.15) is 0 Å². The highest BCUT2D eigenvalue weighted by Gasteiger charge is 2.30. The second-order valence-corrected chi connectivity index (χ2v) is 5.50. The van der Waals surface area contributed by atoms with Crippen LogP contribution in [-0.2, 0) is 6.54 Å². The molecule has 20 heavy (non-hydrogen) atoms. The molecule has 0 radical (unpaired) electrons. The molecule has 0 spiro atoms. The number of ketones is 1. The van der Waals surface area contributed by atoms with Gasteiger partial charge >= 0.3 is 0 Å². The molecule has 0 bridgehead atoms. The predicted molar refractivity (Wildman–Crippen MR) is 78.9 cm³/mol. The highest BCUT2D eigenvalue weighted by atomic mass is 16.1. The standard InChI is InChI=1S/C17H18N2O/c1-12-5-7-14(8-6-12)16(20)15-10-18-17-13(2)4-3-9-19(17)11-15/h3-9,15H,10-11H2,1-2H3/p+1. The second-order valence-electron chi connectivity index (χ2n) is 5.50. The Morgan fingerprint density at radius 3 is 2.70 bits per heavy atom. The third-order valence-electron chi connectivity index (χ3n) is 3.91. The summed E-state index contributed by atoms with van der Waals surface area (Å²) in [6.07, 6.45) is 2.03. The van der Waals surface area contributed by atoms with Crippen LogP contribution in [0, 0.1) is 19.8 Å². The van der Waals surface area contributed by atoms with E-state index in [1.165, 1.54) is 11.1 Å². The van der Waals surface area contributed by atoms with Gasteiger partial charge in [0.25, 0.3) is 5.82 Å². The minimum absolute atomic E-state index is 0.00277. The minimum atomic E-state index is -0.00277. The lowest BCUT2D eigenvalue weighted by Gasteiger charge is -2.21. The molecule has 0 saturated heterocycles. The molecule has 2 aromatic rings. The Labute approximate surface area is 119 Å². The maximum absolute atomic E-state index is 12.6. The summed E-state index contributed by atoms with van der Waals surface area (Å²) in [6.45, 7) is 5.57. The molecular formula is C17H19N2O+. The van der Waals surface area contributed by atoms with Crippen LogP contribution in [0.15, 0.2) is 42.6 Å². The molecule has 1 aromatic carbocycles. The topological polar surface area (TPSA) is 33.0 Å². The first-order valence-corrected chi connectivity index (χ1v) is 6.99. The Hall–Kier alpha value is -2.16. The summed E-state index contributed by atoms with van der Waals surface area (Å²) in [5, 5.41) is 3.39. The molecule has 3 rings (SSSR count). The van der Waals surface area contributed by atoms with Gasteiger partial charge < -0.3 is 0 Å². The van der Waals surface area contributed by atoms with E-state index >= 15 is 0 Å². The fraction of sp³-hybridized carbons (Fsp3) is 0.294. The van der Waals surface area contributed by atoms with Crippen molar-refractivity contribution in [3.05, 3.63) is 59.3 Å². The van der Waals surface area contributed by atoms with E-state index in [4.69, 9.17) is 0 Å². The largest absolute Gasteiger partial charge is 0.294 e. The zero-order valence-corrected chi connectivity index (χ0v) is 11.9. The van der Waals surface area contributed by atoms with Crippen LogP contribution >= 0.6 is 0 Å². The van der Waals surface area contributed by atoms with Crippen molar-refractivity contribution >= 4 is 11.6 Å². The zero-order valence-electron chi connectivity index (χ0n) is 11.9. The average molecular weight is 267 g/mol. The van der Waals surface area contributed by atoms with Crippen molar-refractivity contribution in [2.75, 3.05) is 11.9 Å². The van der Waals surface area contributed by atoms with Gasteiger partial charge in [0.2, 0.25) is 0 Å². The Bertz CT molecular complexity index is 647. The van der Waals surface area contributed by atoms with Crippen LogP contribution in [0.5, 0.6) is 0 Å². The lowest BCUT2D eigenvalue weighted by molar-refractivity contribution is -0.690. The van der Waals surface area contributed by atoms with Crippen LogP contribution in [0.4, 0.5) is 5.82 Å². The third-order valence-corrected chi connectivity index (χ3v) is 3.91. The number of anilines is 1. The van der Waals surface area contributed by atoms with Crippen LogP contribution < -0.4 is 9.88 Å².